The highest BCUT2D eigenvalue weighted by Crippen LogP contribution is 2.40. The zero-order chi connectivity index (χ0) is 16.1. The van der Waals surface area contributed by atoms with E-state index in [4.69, 9.17) is 4.74 Å². The van der Waals surface area contributed by atoms with Crippen LogP contribution >= 0.6 is 11.8 Å². The summed E-state index contributed by atoms with van der Waals surface area (Å²) in [6.07, 6.45) is 5.75. The first kappa shape index (κ1) is 15.9. The number of ether oxygens (including phenoxy) is 1. The van der Waals surface area contributed by atoms with Crippen molar-refractivity contribution in [2.24, 2.45) is 0 Å². The molecule has 0 aromatic carbocycles. The van der Waals surface area contributed by atoms with E-state index in [9.17, 15) is 4.79 Å². The lowest BCUT2D eigenvalue weighted by molar-refractivity contribution is -0.118. The normalized spacial score (nSPS) is 14.0. The molecule has 0 saturated heterocycles. The second-order valence-corrected chi connectivity index (χ2v) is 6.22. The molecule has 8 heteroatoms. The maximum absolute atomic E-state index is 11.8. The lowest BCUT2D eigenvalue weighted by Crippen LogP contribution is -2.28. The Morgan fingerprint density at radius 1 is 1.39 bits per heavy atom. The summed E-state index contributed by atoms with van der Waals surface area (Å²) in [5, 5.41) is 12.2. The summed E-state index contributed by atoms with van der Waals surface area (Å²) in [5.74, 6) is 1.14. The molecule has 2 heterocycles. The number of amides is 1. The summed E-state index contributed by atoms with van der Waals surface area (Å²) >= 11 is 1.42. The number of nitrogens with zero attached hydrogens (tertiary/aromatic N) is 4. The number of carbonyl (C=O) groups is 1. The van der Waals surface area contributed by atoms with E-state index in [2.05, 4.69) is 25.1 Å². The van der Waals surface area contributed by atoms with Crippen LogP contribution in [0.5, 0.6) is 0 Å². The fourth-order valence-electron chi connectivity index (χ4n) is 2.21. The van der Waals surface area contributed by atoms with E-state index in [0.29, 0.717) is 24.9 Å². The maximum atomic E-state index is 11.8. The molecular formula is C15H19N5O2S. The van der Waals surface area contributed by atoms with Gasteiger partial charge in [-0.3, -0.25) is 14.3 Å². The third-order valence-electron chi connectivity index (χ3n) is 3.48. The smallest absolute Gasteiger partial charge is 0.230 e. The summed E-state index contributed by atoms with van der Waals surface area (Å²) < 4.78 is 7.05. The fourth-order valence-corrected chi connectivity index (χ4v) is 3.04. The van der Waals surface area contributed by atoms with Crippen LogP contribution in [0.4, 0.5) is 0 Å². The Labute approximate surface area is 138 Å². The highest BCUT2D eigenvalue weighted by atomic mass is 32.2. The molecule has 0 aliphatic heterocycles. The molecule has 2 aromatic heterocycles. The van der Waals surface area contributed by atoms with Crippen LogP contribution in [0, 0.1) is 0 Å². The number of hydrogen-bond acceptors (Lipinski definition) is 6. The average molecular weight is 333 g/mol. The molecule has 0 atom stereocenters. The molecule has 0 spiro atoms. The van der Waals surface area contributed by atoms with Gasteiger partial charge in [0.2, 0.25) is 5.91 Å². The minimum absolute atomic E-state index is 0.0251. The van der Waals surface area contributed by atoms with Crippen LogP contribution in [0.15, 0.2) is 29.7 Å². The van der Waals surface area contributed by atoms with Gasteiger partial charge in [0.1, 0.15) is 0 Å². The summed E-state index contributed by atoms with van der Waals surface area (Å²) in [4.78, 5) is 15.8. The first-order chi connectivity index (χ1) is 11.3. The zero-order valence-electron chi connectivity index (χ0n) is 12.9. The summed E-state index contributed by atoms with van der Waals surface area (Å²) in [5.41, 5.74) is 0.996. The van der Waals surface area contributed by atoms with Crippen LogP contribution in [0.3, 0.4) is 0 Å². The minimum Gasteiger partial charge on any atom is -0.383 e. The van der Waals surface area contributed by atoms with Crippen molar-refractivity contribution < 1.29 is 9.53 Å². The third-order valence-corrected chi connectivity index (χ3v) is 4.42. The molecule has 1 N–H and O–H groups in total. The Hall–Kier alpha value is -1.93. The SMILES string of the molecule is COCCNC(=O)CSc1nnc(-c2ccncc2)n1C1CC1. The predicted molar refractivity (Wildman–Crippen MR) is 87.1 cm³/mol. The Balaban J connectivity index is 1.68. The molecule has 122 valence electrons. The van der Waals surface area contributed by atoms with E-state index >= 15 is 0 Å². The van der Waals surface area contributed by atoms with E-state index in [1.54, 1.807) is 19.5 Å². The van der Waals surface area contributed by atoms with E-state index in [-0.39, 0.29) is 5.91 Å². The topological polar surface area (TPSA) is 81.9 Å². The van der Waals surface area contributed by atoms with Gasteiger partial charge in [-0.1, -0.05) is 11.8 Å². The molecule has 3 rings (SSSR count). The summed E-state index contributed by atoms with van der Waals surface area (Å²) in [6, 6.07) is 4.29. The van der Waals surface area contributed by atoms with Crippen molar-refractivity contribution in [2.75, 3.05) is 26.0 Å². The number of methoxy groups -OCH3 is 1. The molecule has 1 amide bonds. The molecule has 2 aromatic rings. The van der Waals surface area contributed by atoms with E-state index in [0.717, 1.165) is 29.4 Å². The van der Waals surface area contributed by atoms with Crippen LogP contribution in [0.2, 0.25) is 0 Å². The lowest BCUT2D eigenvalue weighted by Gasteiger charge is -2.08. The van der Waals surface area contributed by atoms with E-state index in [1.807, 2.05) is 12.1 Å². The van der Waals surface area contributed by atoms with Gasteiger partial charge in [0.05, 0.1) is 12.4 Å². The van der Waals surface area contributed by atoms with Crippen molar-refractivity contribution in [3.05, 3.63) is 24.5 Å². The molecule has 0 unspecified atom stereocenters. The van der Waals surface area contributed by atoms with Crippen LogP contribution in [-0.2, 0) is 9.53 Å². The van der Waals surface area contributed by atoms with Crippen molar-refractivity contribution in [3.8, 4) is 11.4 Å². The van der Waals surface area contributed by atoms with E-state index in [1.165, 1.54) is 11.8 Å². The van der Waals surface area contributed by atoms with Crippen LogP contribution in [-0.4, -0.2) is 51.7 Å². The Bertz CT molecular complexity index is 657. The monoisotopic (exact) mass is 333 g/mol. The second kappa shape index (κ2) is 7.56. The summed E-state index contributed by atoms with van der Waals surface area (Å²) in [7, 11) is 1.61. The number of thioether (sulfide) groups is 1. The molecular weight excluding hydrogens is 314 g/mol. The number of pyridine rings is 1. The first-order valence-electron chi connectivity index (χ1n) is 7.53. The van der Waals surface area contributed by atoms with E-state index < -0.39 is 0 Å². The van der Waals surface area contributed by atoms with Gasteiger partial charge < -0.3 is 10.1 Å². The fraction of sp³-hybridized carbons (Fsp3) is 0.467. The number of hydrogen-bond donors (Lipinski definition) is 1. The molecule has 1 aliphatic rings. The number of nitrogens with one attached hydrogen (secondary N) is 1. The van der Waals surface area contributed by atoms with Crippen LogP contribution in [0.1, 0.15) is 18.9 Å². The van der Waals surface area contributed by atoms with Gasteiger partial charge in [-0.05, 0) is 25.0 Å². The first-order valence-corrected chi connectivity index (χ1v) is 8.52. The third kappa shape index (κ3) is 4.08. The van der Waals surface area contributed by atoms with Gasteiger partial charge in [0.15, 0.2) is 11.0 Å². The van der Waals surface area contributed by atoms with Crippen LogP contribution < -0.4 is 5.32 Å². The van der Waals surface area contributed by atoms with Gasteiger partial charge in [0.25, 0.3) is 0 Å². The molecule has 1 saturated carbocycles. The molecule has 1 aliphatic carbocycles. The highest BCUT2D eigenvalue weighted by Gasteiger charge is 2.30. The quantitative estimate of drug-likeness (QED) is 0.583. The minimum atomic E-state index is -0.0251. The molecule has 1 fully saturated rings. The lowest BCUT2D eigenvalue weighted by atomic mass is 10.2. The Morgan fingerprint density at radius 2 is 2.17 bits per heavy atom. The van der Waals surface area contributed by atoms with Crippen molar-refractivity contribution in [3.63, 3.8) is 0 Å². The van der Waals surface area contributed by atoms with Crippen molar-refractivity contribution in [2.45, 2.75) is 24.0 Å². The van der Waals surface area contributed by atoms with Gasteiger partial charge in [-0.2, -0.15) is 0 Å². The molecule has 23 heavy (non-hydrogen) atoms. The van der Waals surface area contributed by atoms with Gasteiger partial charge in [-0.15, -0.1) is 10.2 Å². The largest absolute Gasteiger partial charge is 0.383 e. The van der Waals surface area contributed by atoms with Crippen molar-refractivity contribution in [1.82, 2.24) is 25.1 Å². The standard InChI is InChI=1S/C15H19N5O2S/c1-22-9-8-17-13(21)10-23-15-19-18-14(20(15)12-2-3-12)11-4-6-16-7-5-11/h4-7,12H,2-3,8-10H2,1H3,(H,17,21). The van der Waals surface area contributed by atoms with Gasteiger partial charge in [-0.25, -0.2) is 0 Å². The number of carbonyl (C=O) groups excluding carboxylic acids is 1. The second-order valence-electron chi connectivity index (χ2n) is 5.27. The molecule has 7 nitrogen and oxygen atoms in total. The van der Waals surface area contributed by atoms with Crippen molar-refractivity contribution in [1.29, 1.82) is 0 Å². The average Bonchev–Trinajstić information content (AvgIpc) is 3.33. The van der Waals surface area contributed by atoms with Crippen molar-refractivity contribution >= 4 is 17.7 Å². The maximum Gasteiger partial charge on any atom is 0.230 e. The van der Waals surface area contributed by atoms with Gasteiger partial charge >= 0.3 is 0 Å². The Morgan fingerprint density at radius 3 is 2.87 bits per heavy atom. The molecule has 0 bridgehead atoms. The number of rotatable bonds is 8. The number of aromatic nitrogens is 4. The van der Waals surface area contributed by atoms with Crippen LogP contribution in [0.25, 0.3) is 11.4 Å². The zero-order valence-corrected chi connectivity index (χ0v) is 13.8. The molecule has 0 radical (unpaired) electrons. The summed E-state index contributed by atoms with van der Waals surface area (Å²) in [6.45, 7) is 1.04. The Kier molecular flexibility index (Phi) is 5.24. The highest BCUT2D eigenvalue weighted by molar-refractivity contribution is 7.99. The van der Waals surface area contributed by atoms with Gasteiger partial charge in [0, 0.05) is 37.7 Å². The predicted octanol–water partition coefficient (Wildman–Crippen LogP) is 1.53.